The Morgan fingerprint density at radius 1 is 1.24 bits per heavy atom. The normalized spacial score (nSPS) is 10.9. The summed E-state index contributed by atoms with van der Waals surface area (Å²) in [7, 11) is 0. The maximum Gasteiger partial charge on any atom is 0.333 e. The third-order valence-corrected chi connectivity index (χ3v) is 3.26. The molecule has 0 fully saturated rings. The number of hydrogen-bond donors (Lipinski definition) is 2. The molecule has 6 heteroatoms. The fraction of sp³-hybridized carbons (Fsp3) is 0.0667. The van der Waals surface area contributed by atoms with Gasteiger partial charge in [-0.2, -0.15) is 0 Å². The van der Waals surface area contributed by atoms with Crippen LogP contribution >= 0.6 is 0 Å². The Labute approximate surface area is 118 Å². The quantitative estimate of drug-likeness (QED) is 0.706. The minimum absolute atomic E-state index is 0.191. The maximum absolute atomic E-state index is 13.6. The fourth-order valence-corrected chi connectivity index (χ4v) is 2.26. The van der Waals surface area contributed by atoms with Gasteiger partial charge < -0.3 is 10.7 Å². The number of fused-ring (bicyclic) bond motifs is 1. The molecule has 0 saturated heterocycles. The first kappa shape index (κ1) is 13.1. The number of nitrogen functional groups attached to an aromatic ring is 1. The van der Waals surface area contributed by atoms with E-state index < -0.39 is 17.4 Å². The molecule has 0 unspecified atom stereocenters. The molecule has 21 heavy (non-hydrogen) atoms. The van der Waals surface area contributed by atoms with Crippen molar-refractivity contribution in [3.05, 3.63) is 64.3 Å². The molecule has 5 nitrogen and oxygen atoms in total. The standard InChI is InChI=1S/C15H12FN3O2/c16-11-4-2-1-3-9(11)7-14(20)19-13-6-5-10(17)8-12(13)18-15(19)21/h1-6,8H,7,17H2,(H,18,21). The lowest BCUT2D eigenvalue weighted by Crippen LogP contribution is -2.25. The first-order valence-corrected chi connectivity index (χ1v) is 6.33. The van der Waals surface area contributed by atoms with Crippen LogP contribution in [0.3, 0.4) is 0 Å². The van der Waals surface area contributed by atoms with Crippen LogP contribution in [-0.2, 0) is 6.42 Å². The number of nitrogens with two attached hydrogens (primary N) is 1. The van der Waals surface area contributed by atoms with Crippen molar-refractivity contribution >= 4 is 22.6 Å². The van der Waals surface area contributed by atoms with Crippen LogP contribution in [-0.4, -0.2) is 15.5 Å². The first-order valence-electron chi connectivity index (χ1n) is 6.33. The highest BCUT2D eigenvalue weighted by Crippen LogP contribution is 2.15. The van der Waals surface area contributed by atoms with E-state index in [1.54, 1.807) is 30.3 Å². The van der Waals surface area contributed by atoms with Gasteiger partial charge >= 0.3 is 5.69 Å². The van der Waals surface area contributed by atoms with E-state index in [9.17, 15) is 14.0 Å². The Morgan fingerprint density at radius 3 is 2.76 bits per heavy atom. The van der Waals surface area contributed by atoms with Gasteiger partial charge in [0.15, 0.2) is 0 Å². The monoisotopic (exact) mass is 285 g/mol. The second-order valence-corrected chi connectivity index (χ2v) is 4.70. The molecule has 3 aromatic rings. The molecule has 3 rings (SSSR count). The molecule has 0 spiro atoms. The molecule has 106 valence electrons. The van der Waals surface area contributed by atoms with Gasteiger partial charge in [-0.15, -0.1) is 0 Å². The molecule has 1 heterocycles. The third kappa shape index (κ3) is 2.31. The molecule has 3 N–H and O–H groups in total. The molecule has 0 amide bonds. The van der Waals surface area contributed by atoms with Crippen molar-refractivity contribution in [2.24, 2.45) is 0 Å². The van der Waals surface area contributed by atoms with Crippen LogP contribution in [0, 0.1) is 5.82 Å². The predicted octanol–water partition coefficient (Wildman–Crippen LogP) is 1.93. The summed E-state index contributed by atoms with van der Waals surface area (Å²) in [5.41, 5.74) is 6.71. The largest absolute Gasteiger partial charge is 0.399 e. The number of imidazole rings is 1. The van der Waals surface area contributed by atoms with Crippen molar-refractivity contribution in [2.45, 2.75) is 6.42 Å². The first-order chi connectivity index (χ1) is 10.1. The van der Waals surface area contributed by atoms with Gasteiger partial charge in [-0.3, -0.25) is 4.79 Å². The van der Waals surface area contributed by atoms with E-state index in [1.807, 2.05) is 0 Å². The van der Waals surface area contributed by atoms with Gasteiger partial charge in [0.05, 0.1) is 17.5 Å². The van der Waals surface area contributed by atoms with Crippen LogP contribution in [0.4, 0.5) is 10.1 Å². The smallest absolute Gasteiger partial charge is 0.333 e. The van der Waals surface area contributed by atoms with Crippen LogP contribution in [0.5, 0.6) is 0 Å². The van der Waals surface area contributed by atoms with Crippen LogP contribution < -0.4 is 11.4 Å². The van der Waals surface area contributed by atoms with Gasteiger partial charge in [0, 0.05) is 5.69 Å². The molecular formula is C15H12FN3O2. The number of H-pyrrole nitrogens is 1. The van der Waals surface area contributed by atoms with Crippen LogP contribution in [0.1, 0.15) is 10.4 Å². The van der Waals surface area contributed by atoms with Gasteiger partial charge in [-0.25, -0.2) is 13.8 Å². The van der Waals surface area contributed by atoms with E-state index in [1.165, 1.54) is 12.1 Å². The molecule has 0 saturated carbocycles. The summed E-state index contributed by atoms with van der Waals surface area (Å²) in [5, 5.41) is 0. The summed E-state index contributed by atoms with van der Waals surface area (Å²) in [6.45, 7) is 0. The average Bonchev–Trinajstić information content (AvgIpc) is 2.76. The number of carbonyl (C=O) groups is 1. The fourth-order valence-electron chi connectivity index (χ4n) is 2.26. The van der Waals surface area contributed by atoms with Crippen LogP contribution in [0.15, 0.2) is 47.3 Å². The van der Waals surface area contributed by atoms with Gasteiger partial charge in [0.2, 0.25) is 5.91 Å². The highest BCUT2D eigenvalue weighted by atomic mass is 19.1. The summed E-state index contributed by atoms with van der Waals surface area (Å²) >= 11 is 0. The Morgan fingerprint density at radius 2 is 2.00 bits per heavy atom. The van der Waals surface area contributed by atoms with E-state index >= 15 is 0 Å². The van der Waals surface area contributed by atoms with E-state index in [-0.39, 0.29) is 12.0 Å². The second kappa shape index (κ2) is 4.90. The van der Waals surface area contributed by atoms with Crippen molar-refractivity contribution in [3.63, 3.8) is 0 Å². The van der Waals surface area contributed by atoms with Crippen molar-refractivity contribution in [1.29, 1.82) is 0 Å². The topological polar surface area (TPSA) is 80.9 Å². The summed E-state index contributed by atoms with van der Waals surface area (Å²) in [6, 6.07) is 10.7. The summed E-state index contributed by atoms with van der Waals surface area (Å²) in [5.74, 6) is -0.968. The Hall–Kier alpha value is -2.89. The zero-order valence-electron chi connectivity index (χ0n) is 11.0. The molecule has 0 radical (unpaired) electrons. The number of benzene rings is 2. The van der Waals surface area contributed by atoms with Crippen molar-refractivity contribution in [3.8, 4) is 0 Å². The molecule has 0 aliphatic rings. The summed E-state index contributed by atoms with van der Waals surface area (Å²) in [6.07, 6.45) is -0.191. The minimum atomic E-state index is -0.558. The van der Waals surface area contributed by atoms with Crippen molar-refractivity contribution in [2.75, 3.05) is 5.73 Å². The molecule has 2 aromatic carbocycles. The molecule has 0 atom stereocenters. The van der Waals surface area contributed by atoms with Crippen LogP contribution in [0.2, 0.25) is 0 Å². The lowest BCUT2D eigenvalue weighted by molar-refractivity contribution is 0.0914. The van der Waals surface area contributed by atoms with E-state index in [2.05, 4.69) is 4.98 Å². The Balaban J connectivity index is 2.04. The zero-order chi connectivity index (χ0) is 15.0. The van der Waals surface area contributed by atoms with Crippen molar-refractivity contribution in [1.82, 2.24) is 9.55 Å². The predicted molar refractivity (Wildman–Crippen MR) is 77.7 cm³/mol. The molecule has 0 aliphatic heterocycles. The number of nitrogens with zero attached hydrogens (tertiary/aromatic N) is 1. The van der Waals surface area contributed by atoms with Gasteiger partial charge in [-0.1, -0.05) is 18.2 Å². The maximum atomic E-state index is 13.6. The number of rotatable bonds is 2. The Kier molecular flexibility index (Phi) is 3.06. The molecule has 0 bridgehead atoms. The summed E-state index contributed by atoms with van der Waals surface area (Å²) in [4.78, 5) is 26.8. The lowest BCUT2D eigenvalue weighted by Gasteiger charge is -2.04. The molecule has 1 aromatic heterocycles. The number of nitrogens with one attached hydrogen (secondary N) is 1. The van der Waals surface area contributed by atoms with Gasteiger partial charge in [0.25, 0.3) is 0 Å². The van der Waals surface area contributed by atoms with Gasteiger partial charge in [-0.05, 0) is 29.8 Å². The highest BCUT2D eigenvalue weighted by Gasteiger charge is 2.16. The SMILES string of the molecule is Nc1ccc2c(c1)[nH]c(=O)n2C(=O)Cc1ccccc1F. The number of halogens is 1. The molecule has 0 aliphatic carbocycles. The Bertz CT molecular complexity index is 895. The molecular weight excluding hydrogens is 273 g/mol. The second-order valence-electron chi connectivity index (χ2n) is 4.70. The van der Waals surface area contributed by atoms with Gasteiger partial charge in [0.1, 0.15) is 5.82 Å². The number of hydrogen-bond acceptors (Lipinski definition) is 3. The van der Waals surface area contributed by atoms with E-state index in [0.717, 1.165) is 4.57 Å². The average molecular weight is 285 g/mol. The van der Waals surface area contributed by atoms with Crippen molar-refractivity contribution < 1.29 is 9.18 Å². The number of anilines is 1. The minimum Gasteiger partial charge on any atom is -0.399 e. The summed E-state index contributed by atoms with van der Waals surface area (Å²) < 4.78 is 14.6. The number of aromatic amines is 1. The lowest BCUT2D eigenvalue weighted by atomic mass is 10.1. The van der Waals surface area contributed by atoms with E-state index in [4.69, 9.17) is 5.73 Å². The number of aromatic nitrogens is 2. The van der Waals surface area contributed by atoms with E-state index in [0.29, 0.717) is 16.7 Å². The van der Waals surface area contributed by atoms with Crippen LogP contribution in [0.25, 0.3) is 11.0 Å². The third-order valence-electron chi connectivity index (χ3n) is 3.26. The highest BCUT2D eigenvalue weighted by molar-refractivity contribution is 5.92. The number of carbonyl (C=O) groups excluding carboxylic acids is 1. The zero-order valence-corrected chi connectivity index (χ0v) is 11.0.